The minimum absolute atomic E-state index is 0.174. The lowest BCUT2D eigenvalue weighted by molar-refractivity contribution is 0.0683. The van der Waals surface area contributed by atoms with Gasteiger partial charge in [0.05, 0.1) is 16.9 Å². The van der Waals surface area contributed by atoms with E-state index in [1.54, 1.807) is 18.4 Å². The molecule has 1 unspecified atom stereocenters. The second-order valence-electron chi connectivity index (χ2n) is 5.11. The Bertz CT molecular complexity index is 672. The van der Waals surface area contributed by atoms with E-state index in [9.17, 15) is 0 Å². The van der Waals surface area contributed by atoms with Crippen LogP contribution in [0, 0.1) is 0 Å². The third kappa shape index (κ3) is 5.29. The molecule has 9 heteroatoms. The molecule has 7 nitrogen and oxygen atoms in total. The summed E-state index contributed by atoms with van der Waals surface area (Å²) < 4.78 is 11.8. The van der Waals surface area contributed by atoms with Crippen LogP contribution in [0.2, 0.25) is 0 Å². The molecule has 1 N–H and O–H groups in total. The smallest absolute Gasteiger partial charge is 0.246 e. The summed E-state index contributed by atoms with van der Waals surface area (Å²) >= 11 is 5.19. The maximum atomic E-state index is 5.45. The molecule has 132 valence electrons. The van der Waals surface area contributed by atoms with Crippen LogP contribution in [0.3, 0.4) is 0 Å². The van der Waals surface area contributed by atoms with Crippen LogP contribution in [-0.4, -0.2) is 41.7 Å². The maximum absolute atomic E-state index is 5.45. The molecule has 24 heavy (non-hydrogen) atoms. The van der Waals surface area contributed by atoms with E-state index in [0.29, 0.717) is 24.9 Å². The van der Waals surface area contributed by atoms with Gasteiger partial charge in [0, 0.05) is 25.6 Å². The molecule has 0 aliphatic carbocycles. The molecule has 0 fully saturated rings. The summed E-state index contributed by atoms with van der Waals surface area (Å²) in [7, 11) is 3.74. The van der Waals surface area contributed by atoms with Gasteiger partial charge in [-0.05, 0) is 41.9 Å². The molecule has 0 aliphatic heterocycles. The topological polar surface area (TPSA) is 75.8 Å². The molecule has 2 aromatic rings. The van der Waals surface area contributed by atoms with Crippen molar-refractivity contribution in [1.82, 2.24) is 20.4 Å². The number of nitrogens with one attached hydrogen (secondary N) is 1. The standard InChI is InChI=1S/C15H22BrN5O2S/c1-5-22-10(2)14-19-13(23-20-14)8-18-15(17-3)21(4)9-11-6-7-12(16)24-11/h6-7,10H,5,8-9H2,1-4H3,(H,17,18). The molecular weight excluding hydrogens is 394 g/mol. The SMILES string of the molecule is CCOC(C)c1noc(CNC(=NC)N(C)Cc2ccc(Br)s2)n1. The van der Waals surface area contributed by atoms with Crippen LogP contribution in [0.1, 0.15) is 36.5 Å². The first-order chi connectivity index (χ1) is 11.5. The van der Waals surface area contributed by atoms with Crippen LogP contribution in [0.25, 0.3) is 0 Å². The minimum atomic E-state index is -0.174. The van der Waals surface area contributed by atoms with Crippen molar-refractivity contribution in [3.63, 3.8) is 0 Å². The lowest BCUT2D eigenvalue weighted by Crippen LogP contribution is -2.37. The number of halogens is 1. The largest absolute Gasteiger partial charge is 0.371 e. The van der Waals surface area contributed by atoms with Crippen molar-refractivity contribution in [2.24, 2.45) is 4.99 Å². The van der Waals surface area contributed by atoms with E-state index in [2.05, 4.69) is 42.4 Å². The van der Waals surface area contributed by atoms with Gasteiger partial charge < -0.3 is 19.5 Å². The summed E-state index contributed by atoms with van der Waals surface area (Å²) in [5, 5.41) is 7.17. The summed E-state index contributed by atoms with van der Waals surface area (Å²) in [6.45, 7) is 5.63. The Kier molecular flexibility index (Phi) is 7.19. The summed E-state index contributed by atoms with van der Waals surface area (Å²) in [6.07, 6.45) is -0.174. The molecule has 0 aromatic carbocycles. The van der Waals surface area contributed by atoms with Crippen molar-refractivity contribution in [2.45, 2.75) is 33.0 Å². The summed E-state index contributed by atoms with van der Waals surface area (Å²) in [5.41, 5.74) is 0. The van der Waals surface area contributed by atoms with Gasteiger partial charge in [-0.1, -0.05) is 5.16 Å². The highest BCUT2D eigenvalue weighted by molar-refractivity contribution is 9.11. The molecule has 0 amide bonds. The van der Waals surface area contributed by atoms with Gasteiger partial charge in [-0.25, -0.2) is 0 Å². The zero-order chi connectivity index (χ0) is 17.5. The highest BCUT2D eigenvalue weighted by Gasteiger charge is 2.15. The fourth-order valence-electron chi connectivity index (χ4n) is 2.11. The van der Waals surface area contributed by atoms with Gasteiger partial charge in [-0.15, -0.1) is 11.3 Å². The van der Waals surface area contributed by atoms with Crippen LogP contribution in [0.15, 0.2) is 25.4 Å². The number of rotatable bonds is 7. The number of nitrogens with zero attached hydrogens (tertiary/aromatic N) is 4. The van der Waals surface area contributed by atoms with E-state index in [1.165, 1.54) is 4.88 Å². The monoisotopic (exact) mass is 415 g/mol. The van der Waals surface area contributed by atoms with Crippen LogP contribution in [0.5, 0.6) is 0 Å². The van der Waals surface area contributed by atoms with E-state index in [4.69, 9.17) is 9.26 Å². The number of aromatic nitrogens is 2. The van der Waals surface area contributed by atoms with E-state index < -0.39 is 0 Å². The van der Waals surface area contributed by atoms with Crippen molar-refractivity contribution in [3.8, 4) is 0 Å². The average Bonchev–Trinajstić information content (AvgIpc) is 3.17. The number of ether oxygens (including phenoxy) is 1. The van der Waals surface area contributed by atoms with Gasteiger partial charge in [-0.2, -0.15) is 4.98 Å². The minimum Gasteiger partial charge on any atom is -0.371 e. The average molecular weight is 416 g/mol. The number of aliphatic imine (C=N–C) groups is 1. The molecule has 2 aromatic heterocycles. The fourth-order valence-corrected chi connectivity index (χ4v) is 3.65. The second-order valence-corrected chi connectivity index (χ2v) is 7.65. The summed E-state index contributed by atoms with van der Waals surface area (Å²) in [4.78, 5) is 11.9. The third-order valence-corrected chi connectivity index (χ3v) is 4.87. The normalized spacial score (nSPS) is 13.1. The first kappa shape index (κ1) is 18.9. The Balaban J connectivity index is 1.89. The zero-order valence-corrected chi connectivity index (χ0v) is 16.6. The molecule has 0 spiro atoms. The number of thiophene rings is 1. The Labute approximate surface area is 154 Å². The Morgan fingerprint density at radius 1 is 1.54 bits per heavy atom. The second kappa shape index (κ2) is 9.14. The predicted molar refractivity (Wildman–Crippen MR) is 98.0 cm³/mol. The van der Waals surface area contributed by atoms with E-state index in [-0.39, 0.29) is 6.10 Å². The van der Waals surface area contributed by atoms with Crippen molar-refractivity contribution in [3.05, 3.63) is 32.5 Å². The lowest BCUT2D eigenvalue weighted by Gasteiger charge is -2.20. The van der Waals surface area contributed by atoms with Crippen molar-refractivity contribution in [1.29, 1.82) is 0 Å². The Morgan fingerprint density at radius 2 is 2.33 bits per heavy atom. The molecule has 2 heterocycles. The van der Waals surface area contributed by atoms with E-state index >= 15 is 0 Å². The van der Waals surface area contributed by atoms with Crippen molar-refractivity contribution < 1.29 is 9.26 Å². The lowest BCUT2D eigenvalue weighted by atomic mass is 10.4. The van der Waals surface area contributed by atoms with Crippen LogP contribution in [0.4, 0.5) is 0 Å². The third-order valence-electron chi connectivity index (χ3n) is 3.26. The first-order valence-electron chi connectivity index (χ1n) is 7.63. The maximum Gasteiger partial charge on any atom is 0.246 e. The number of hydrogen-bond acceptors (Lipinski definition) is 6. The molecule has 2 rings (SSSR count). The highest BCUT2D eigenvalue weighted by Crippen LogP contribution is 2.23. The quantitative estimate of drug-likeness (QED) is 0.552. The summed E-state index contributed by atoms with van der Waals surface area (Å²) in [6, 6.07) is 4.14. The highest BCUT2D eigenvalue weighted by atomic mass is 79.9. The van der Waals surface area contributed by atoms with Gasteiger partial charge in [0.25, 0.3) is 0 Å². The molecule has 0 radical (unpaired) electrons. The van der Waals surface area contributed by atoms with Crippen molar-refractivity contribution >= 4 is 33.2 Å². The Morgan fingerprint density at radius 3 is 2.96 bits per heavy atom. The van der Waals surface area contributed by atoms with Crippen LogP contribution >= 0.6 is 27.3 Å². The molecule has 1 atom stereocenters. The van der Waals surface area contributed by atoms with Gasteiger partial charge in [-0.3, -0.25) is 4.99 Å². The van der Waals surface area contributed by atoms with Gasteiger partial charge in [0.15, 0.2) is 11.8 Å². The van der Waals surface area contributed by atoms with Gasteiger partial charge >= 0.3 is 0 Å². The molecular formula is C15H22BrN5O2S. The number of hydrogen-bond donors (Lipinski definition) is 1. The Hall–Kier alpha value is -1.45. The molecule has 0 saturated carbocycles. The molecule has 0 aliphatic rings. The van der Waals surface area contributed by atoms with Gasteiger partial charge in [0.2, 0.25) is 5.89 Å². The first-order valence-corrected chi connectivity index (χ1v) is 9.24. The number of guanidine groups is 1. The van der Waals surface area contributed by atoms with Crippen LogP contribution in [-0.2, 0) is 17.8 Å². The predicted octanol–water partition coefficient (Wildman–Crippen LogP) is 3.20. The zero-order valence-electron chi connectivity index (χ0n) is 14.2. The molecule has 0 saturated heterocycles. The summed E-state index contributed by atoms with van der Waals surface area (Å²) in [5.74, 6) is 1.82. The van der Waals surface area contributed by atoms with Crippen molar-refractivity contribution in [2.75, 3.05) is 20.7 Å². The van der Waals surface area contributed by atoms with E-state index in [1.807, 2.05) is 31.9 Å². The molecule has 0 bridgehead atoms. The van der Waals surface area contributed by atoms with E-state index in [0.717, 1.165) is 16.3 Å². The van der Waals surface area contributed by atoms with Gasteiger partial charge in [0.1, 0.15) is 6.10 Å². The fraction of sp³-hybridized carbons (Fsp3) is 0.533. The van der Waals surface area contributed by atoms with Crippen LogP contribution < -0.4 is 5.32 Å².